The lowest BCUT2D eigenvalue weighted by atomic mass is 10.0. The monoisotopic (exact) mass is 210 g/mol. The van der Waals surface area contributed by atoms with Gasteiger partial charge in [-0.15, -0.1) is 0 Å². The van der Waals surface area contributed by atoms with Crippen molar-refractivity contribution < 1.29 is 4.48 Å². The van der Waals surface area contributed by atoms with Gasteiger partial charge in [0.15, 0.2) is 0 Å². The Bertz CT molecular complexity index is 174. The second-order valence-electron chi connectivity index (χ2n) is 5.74. The SMILES string of the molecule is CCC[N+]1(C2CCCCCC2)CCCC1. The van der Waals surface area contributed by atoms with Crippen LogP contribution in [0, 0.1) is 0 Å². The molecule has 1 heterocycles. The van der Waals surface area contributed by atoms with Gasteiger partial charge >= 0.3 is 0 Å². The molecule has 2 aliphatic rings. The molecule has 2 fully saturated rings. The zero-order chi connectivity index (χ0) is 10.6. The summed E-state index contributed by atoms with van der Waals surface area (Å²) in [6, 6.07) is 1.04. The van der Waals surface area contributed by atoms with E-state index < -0.39 is 0 Å². The van der Waals surface area contributed by atoms with Crippen LogP contribution in [-0.4, -0.2) is 30.2 Å². The lowest BCUT2D eigenvalue weighted by molar-refractivity contribution is -0.941. The molecule has 0 N–H and O–H groups in total. The van der Waals surface area contributed by atoms with Gasteiger partial charge in [-0.05, 0) is 32.1 Å². The van der Waals surface area contributed by atoms with Gasteiger partial charge in [0.1, 0.15) is 0 Å². The van der Waals surface area contributed by atoms with Crippen molar-refractivity contribution in [1.29, 1.82) is 0 Å². The van der Waals surface area contributed by atoms with Crippen LogP contribution >= 0.6 is 0 Å². The summed E-state index contributed by atoms with van der Waals surface area (Å²) >= 11 is 0. The molecule has 0 aromatic carbocycles. The molecule has 1 saturated carbocycles. The Hall–Kier alpha value is -0.0400. The second kappa shape index (κ2) is 5.34. The summed E-state index contributed by atoms with van der Waals surface area (Å²) in [5.74, 6) is 0. The quantitative estimate of drug-likeness (QED) is 0.492. The summed E-state index contributed by atoms with van der Waals surface area (Å²) in [4.78, 5) is 0. The van der Waals surface area contributed by atoms with E-state index in [1.807, 2.05) is 0 Å². The highest BCUT2D eigenvalue weighted by Gasteiger charge is 2.38. The molecular weight excluding hydrogens is 182 g/mol. The molecule has 15 heavy (non-hydrogen) atoms. The highest BCUT2D eigenvalue weighted by molar-refractivity contribution is 4.69. The lowest BCUT2D eigenvalue weighted by Gasteiger charge is -2.41. The molecule has 1 heteroatoms. The maximum Gasteiger partial charge on any atom is 0.0890 e. The minimum absolute atomic E-state index is 1.04. The number of nitrogens with zero attached hydrogens (tertiary/aromatic N) is 1. The first-order valence-corrected chi connectivity index (χ1v) is 7.23. The van der Waals surface area contributed by atoms with Crippen LogP contribution in [0.25, 0.3) is 0 Å². The van der Waals surface area contributed by atoms with Crippen LogP contribution in [-0.2, 0) is 0 Å². The molecule has 0 aromatic heterocycles. The van der Waals surface area contributed by atoms with E-state index in [4.69, 9.17) is 0 Å². The molecular formula is C14H28N+. The third kappa shape index (κ3) is 2.55. The van der Waals surface area contributed by atoms with Crippen molar-refractivity contribution in [1.82, 2.24) is 0 Å². The van der Waals surface area contributed by atoms with Gasteiger partial charge in [0.2, 0.25) is 0 Å². The first kappa shape index (κ1) is 11.4. The maximum atomic E-state index is 2.37. The number of hydrogen-bond acceptors (Lipinski definition) is 0. The Kier molecular flexibility index (Phi) is 4.07. The van der Waals surface area contributed by atoms with Crippen molar-refractivity contribution in [2.45, 2.75) is 70.8 Å². The molecule has 0 spiro atoms. The van der Waals surface area contributed by atoms with E-state index in [0.29, 0.717) is 0 Å². The number of rotatable bonds is 3. The first-order valence-electron chi connectivity index (χ1n) is 7.23. The fourth-order valence-electron chi connectivity index (χ4n) is 3.99. The average molecular weight is 210 g/mol. The largest absolute Gasteiger partial charge is 0.321 e. The minimum Gasteiger partial charge on any atom is -0.321 e. The van der Waals surface area contributed by atoms with Crippen LogP contribution in [0.4, 0.5) is 0 Å². The average Bonchev–Trinajstić information content (AvgIpc) is 2.54. The fraction of sp³-hybridized carbons (Fsp3) is 1.00. The van der Waals surface area contributed by atoms with Gasteiger partial charge in [-0.2, -0.15) is 0 Å². The summed E-state index contributed by atoms with van der Waals surface area (Å²) in [5.41, 5.74) is 0. The van der Waals surface area contributed by atoms with E-state index in [2.05, 4.69) is 6.92 Å². The van der Waals surface area contributed by atoms with Gasteiger partial charge in [0.05, 0.1) is 25.7 Å². The Morgan fingerprint density at radius 3 is 2.00 bits per heavy atom. The summed E-state index contributed by atoms with van der Waals surface area (Å²) < 4.78 is 1.51. The Morgan fingerprint density at radius 1 is 0.867 bits per heavy atom. The molecule has 0 amide bonds. The van der Waals surface area contributed by atoms with Crippen molar-refractivity contribution in [2.75, 3.05) is 19.6 Å². The van der Waals surface area contributed by atoms with E-state index in [9.17, 15) is 0 Å². The van der Waals surface area contributed by atoms with Gasteiger partial charge in [0.25, 0.3) is 0 Å². The molecule has 0 bridgehead atoms. The smallest absolute Gasteiger partial charge is 0.0890 e. The zero-order valence-corrected chi connectivity index (χ0v) is 10.5. The van der Waals surface area contributed by atoms with E-state index >= 15 is 0 Å². The van der Waals surface area contributed by atoms with Crippen LogP contribution in [0.1, 0.15) is 64.7 Å². The van der Waals surface area contributed by atoms with E-state index in [0.717, 1.165) is 6.04 Å². The van der Waals surface area contributed by atoms with Crippen molar-refractivity contribution in [3.8, 4) is 0 Å². The topological polar surface area (TPSA) is 0 Å². The summed E-state index contributed by atoms with van der Waals surface area (Å²) in [6.07, 6.45) is 13.5. The highest BCUT2D eigenvalue weighted by Crippen LogP contribution is 2.32. The fourth-order valence-corrected chi connectivity index (χ4v) is 3.99. The standard InChI is InChI=1S/C14H28N/c1-2-11-15(12-7-8-13-15)14-9-5-3-4-6-10-14/h14H,2-13H2,1H3/q+1. The Balaban J connectivity index is 2.01. The van der Waals surface area contributed by atoms with Crippen molar-refractivity contribution in [3.63, 3.8) is 0 Å². The zero-order valence-electron chi connectivity index (χ0n) is 10.5. The van der Waals surface area contributed by atoms with Crippen LogP contribution in [0.5, 0.6) is 0 Å². The molecule has 0 radical (unpaired) electrons. The third-order valence-corrected chi connectivity index (χ3v) is 4.73. The number of quaternary nitrogens is 1. The lowest BCUT2D eigenvalue weighted by Crippen LogP contribution is -2.53. The molecule has 1 saturated heterocycles. The van der Waals surface area contributed by atoms with Gasteiger partial charge < -0.3 is 4.48 Å². The van der Waals surface area contributed by atoms with Gasteiger partial charge in [0, 0.05) is 12.8 Å². The predicted molar refractivity (Wildman–Crippen MR) is 65.9 cm³/mol. The minimum atomic E-state index is 1.04. The van der Waals surface area contributed by atoms with Crippen LogP contribution in [0.15, 0.2) is 0 Å². The molecule has 0 unspecified atom stereocenters. The second-order valence-corrected chi connectivity index (χ2v) is 5.74. The number of hydrogen-bond donors (Lipinski definition) is 0. The highest BCUT2D eigenvalue weighted by atomic mass is 15.4. The van der Waals surface area contributed by atoms with Crippen LogP contribution in [0.3, 0.4) is 0 Å². The summed E-state index contributed by atoms with van der Waals surface area (Å²) in [6.45, 7) is 6.83. The third-order valence-electron chi connectivity index (χ3n) is 4.73. The van der Waals surface area contributed by atoms with Gasteiger partial charge in [-0.1, -0.05) is 19.8 Å². The van der Waals surface area contributed by atoms with Gasteiger partial charge in [-0.25, -0.2) is 0 Å². The Labute approximate surface area is 95.4 Å². The molecule has 88 valence electrons. The predicted octanol–water partition coefficient (Wildman–Crippen LogP) is 3.73. The van der Waals surface area contributed by atoms with E-state index in [1.165, 1.54) is 81.9 Å². The molecule has 1 nitrogen and oxygen atoms in total. The maximum absolute atomic E-state index is 2.37. The molecule has 0 aromatic rings. The summed E-state index contributed by atoms with van der Waals surface area (Å²) in [5, 5.41) is 0. The Morgan fingerprint density at radius 2 is 1.47 bits per heavy atom. The molecule has 1 aliphatic heterocycles. The molecule has 0 atom stereocenters. The van der Waals surface area contributed by atoms with Crippen molar-refractivity contribution >= 4 is 0 Å². The number of likely N-dealkylation sites (tertiary alicyclic amines) is 1. The van der Waals surface area contributed by atoms with E-state index in [1.54, 1.807) is 0 Å². The van der Waals surface area contributed by atoms with E-state index in [-0.39, 0.29) is 0 Å². The first-order chi connectivity index (χ1) is 7.37. The molecule has 1 aliphatic carbocycles. The van der Waals surface area contributed by atoms with Crippen LogP contribution in [0.2, 0.25) is 0 Å². The molecule has 2 rings (SSSR count). The van der Waals surface area contributed by atoms with Gasteiger partial charge in [-0.3, -0.25) is 0 Å². The van der Waals surface area contributed by atoms with Crippen molar-refractivity contribution in [2.24, 2.45) is 0 Å². The summed E-state index contributed by atoms with van der Waals surface area (Å²) in [7, 11) is 0. The normalized spacial score (nSPS) is 27.8. The van der Waals surface area contributed by atoms with Crippen molar-refractivity contribution in [3.05, 3.63) is 0 Å². The van der Waals surface area contributed by atoms with Crippen LogP contribution < -0.4 is 0 Å².